The Labute approximate surface area is 137 Å². The van der Waals surface area contributed by atoms with Crippen LogP contribution in [0.25, 0.3) is 0 Å². The highest BCUT2D eigenvalue weighted by molar-refractivity contribution is 7.79. The quantitative estimate of drug-likeness (QED) is 0.359. The van der Waals surface area contributed by atoms with Crippen LogP contribution >= 0.6 is 0 Å². The molecule has 0 radical (unpaired) electrons. The molecule has 0 fully saturated rings. The van der Waals surface area contributed by atoms with E-state index in [1.54, 1.807) is 0 Å². The molecule has 0 saturated heterocycles. The van der Waals surface area contributed by atoms with E-state index in [1.807, 2.05) is 0 Å². The number of hydrogen-bond acceptors (Lipinski definition) is 3. The maximum atomic E-state index is 8.90. The van der Waals surface area contributed by atoms with E-state index in [4.69, 9.17) is 22.6 Å². The van der Waals surface area contributed by atoms with Gasteiger partial charge in [-0.3, -0.25) is 9.11 Å². The Balaban J connectivity index is 0. The van der Waals surface area contributed by atoms with Gasteiger partial charge in [0.25, 0.3) is 0 Å². The van der Waals surface area contributed by atoms with Crippen LogP contribution in [0.15, 0.2) is 0 Å². The lowest BCUT2D eigenvalue weighted by atomic mass is 9.99. The maximum Gasteiger partial charge on any atom is 0.394 e. The van der Waals surface area contributed by atoms with Crippen LogP contribution in [0.2, 0.25) is 0 Å². The standard InChI is InChI=1S/C16H34O.H2O4S/c1-4-15(2)12-10-8-6-5-7-9-11-13-16(3)14-17;1-5(2,3)4/h15-17H,4-14H2,1-3H3;(H2,1,2,3,4). The van der Waals surface area contributed by atoms with E-state index in [2.05, 4.69) is 20.8 Å². The highest BCUT2D eigenvalue weighted by Gasteiger charge is 2.00. The summed E-state index contributed by atoms with van der Waals surface area (Å²) in [6.45, 7) is 7.14. The molecule has 0 aliphatic carbocycles. The predicted molar refractivity (Wildman–Crippen MR) is 91.4 cm³/mol. The topological polar surface area (TPSA) is 94.8 Å². The van der Waals surface area contributed by atoms with Crippen LogP contribution in [0.1, 0.15) is 85.0 Å². The number of aliphatic hydroxyl groups excluding tert-OH is 1. The van der Waals surface area contributed by atoms with E-state index in [-0.39, 0.29) is 0 Å². The molecule has 0 spiro atoms. The number of hydrogen-bond donors (Lipinski definition) is 3. The van der Waals surface area contributed by atoms with Crippen LogP contribution < -0.4 is 0 Å². The summed E-state index contributed by atoms with van der Waals surface area (Å²) >= 11 is 0. The van der Waals surface area contributed by atoms with Gasteiger partial charge in [0, 0.05) is 6.61 Å². The zero-order valence-electron chi connectivity index (χ0n) is 14.5. The Kier molecular flexibility index (Phi) is 17.2. The van der Waals surface area contributed by atoms with Gasteiger partial charge in [-0.2, -0.15) is 8.42 Å². The van der Waals surface area contributed by atoms with Gasteiger partial charge in [-0.05, 0) is 18.3 Å². The second-order valence-corrected chi connectivity index (χ2v) is 7.20. The molecular weight excluding hydrogens is 304 g/mol. The summed E-state index contributed by atoms with van der Waals surface area (Å²) in [6, 6.07) is 0. The summed E-state index contributed by atoms with van der Waals surface area (Å²) in [7, 11) is -4.67. The lowest BCUT2D eigenvalue weighted by Gasteiger charge is -2.08. The average Bonchev–Trinajstić information content (AvgIpc) is 2.43. The minimum atomic E-state index is -4.67. The smallest absolute Gasteiger partial charge is 0.394 e. The molecule has 5 nitrogen and oxygen atoms in total. The molecule has 2 atom stereocenters. The fourth-order valence-corrected chi connectivity index (χ4v) is 2.16. The molecule has 0 saturated carbocycles. The molecule has 0 amide bonds. The lowest BCUT2D eigenvalue weighted by Crippen LogP contribution is -1.99. The first-order valence-corrected chi connectivity index (χ1v) is 9.91. The van der Waals surface area contributed by atoms with Gasteiger partial charge >= 0.3 is 10.4 Å². The van der Waals surface area contributed by atoms with Crippen LogP contribution in [0.4, 0.5) is 0 Å². The van der Waals surface area contributed by atoms with E-state index < -0.39 is 10.4 Å². The Hall–Kier alpha value is -0.170. The van der Waals surface area contributed by atoms with Gasteiger partial charge in [-0.25, -0.2) is 0 Å². The molecule has 0 aromatic rings. The number of rotatable bonds is 12. The predicted octanol–water partition coefficient (Wildman–Crippen LogP) is 4.52. The second kappa shape index (κ2) is 15.7. The first-order chi connectivity index (χ1) is 10.2. The Morgan fingerprint density at radius 1 is 0.773 bits per heavy atom. The van der Waals surface area contributed by atoms with Gasteiger partial charge in [0.1, 0.15) is 0 Å². The lowest BCUT2D eigenvalue weighted by molar-refractivity contribution is 0.227. The SMILES string of the molecule is CCC(C)CCCCCCCCCC(C)CO.O=S(=O)(O)O. The van der Waals surface area contributed by atoms with Gasteiger partial charge < -0.3 is 5.11 Å². The van der Waals surface area contributed by atoms with Crippen LogP contribution in [0.3, 0.4) is 0 Å². The van der Waals surface area contributed by atoms with Crippen LogP contribution in [0.5, 0.6) is 0 Å². The van der Waals surface area contributed by atoms with Crippen molar-refractivity contribution in [3.05, 3.63) is 0 Å². The fourth-order valence-electron chi connectivity index (χ4n) is 2.16. The molecule has 2 unspecified atom stereocenters. The van der Waals surface area contributed by atoms with Crippen molar-refractivity contribution in [3.8, 4) is 0 Å². The normalized spacial score (nSPS) is 14.1. The molecule has 0 aliphatic rings. The second-order valence-electron chi connectivity index (χ2n) is 6.30. The Morgan fingerprint density at radius 3 is 1.41 bits per heavy atom. The molecule has 0 heterocycles. The minimum Gasteiger partial charge on any atom is -0.396 e. The summed E-state index contributed by atoms with van der Waals surface area (Å²) < 4.78 is 31.6. The zero-order valence-corrected chi connectivity index (χ0v) is 15.3. The average molecular weight is 341 g/mol. The van der Waals surface area contributed by atoms with E-state index in [1.165, 1.54) is 64.2 Å². The van der Waals surface area contributed by atoms with E-state index in [0.717, 1.165) is 5.92 Å². The molecule has 22 heavy (non-hydrogen) atoms. The van der Waals surface area contributed by atoms with Crippen molar-refractivity contribution in [1.82, 2.24) is 0 Å². The number of aliphatic hydroxyl groups is 1. The molecule has 0 rings (SSSR count). The van der Waals surface area contributed by atoms with Crippen molar-refractivity contribution in [2.45, 2.75) is 85.0 Å². The van der Waals surface area contributed by atoms with Crippen molar-refractivity contribution in [2.75, 3.05) is 6.61 Å². The minimum absolute atomic E-state index is 0.357. The van der Waals surface area contributed by atoms with Crippen molar-refractivity contribution in [2.24, 2.45) is 11.8 Å². The molecule has 0 aromatic heterocycles. The van der Waals surface area contributed by atoms with Gasteiger partial charge in [-0.1, -0.05) is 78.6 Å². The molecule has 0 aromatic carbocycles. The van der Waals surface area contributed by atoms with Crippen LogP contribution in [-0.4, -0.2) is 29.2 Å². The molecular formula is C16H36O5S. The molecule has 3 N–H and O–H groups in total. The largest absolute Gasteiger partial charge is 0.396 e. The van der Waals surface area contributed by atoms with E-state index >= 15 is 0 Å². The van der Waals surface area contributed by atoms with Gasteiger partial charge in [-0.15, -0.1) is 0 Å². The third kappa shape index (κ3) is 28.1. The van der Waals surface area contributed by atoms with Crippen molar-refractivity contribution < 1.29 is 22.6 Å². The van der Waals surface area contributed by atoms with Crippen molar-refractivity contribution in [1.29, 1.82) is 0 Å². The third-order valence-electron chi connectivity index (χ3n) is 3.90. The highest BCUT2D eigenvalue weighted by atomic mass is 32.3. The number of unbranched alkanes of at least 4 members (excludes halogenated alkanes) is 6. The first kappa shape index (κ1) is 24.1. The van der Waals surface area contributed by atoms with Gasteiger partial charge in [0.05, 0.1) is 0 Å². The highest BCUT2D eigenvalue weighted by Crippen LogP contribution is 2.15. The summed E-state index contributed by atoms with van der Waals surface area (Å²) in [5, 5.41) is 8.90. The van der Waals surface area contributed by atoms with Crippen LogP contribution in [0, 0.1) is 11.8 Å². The summed E-state index contributed by atoms with van der Waals surface area (Å²) in [5.74, 6) is 1.43. The summed E-state index contributed by atoms with van der Waals surface area (Å²) in [4.78, 5) is 0. The fraction of sp³-hybridized carbons (Fsp3) is 1.00. The monoisotopic (exact) mass is 340 g/mol. The summed E-state index contributed by atoms with van der Waals surface area (Å²) in [6.07, 6.45) is 13.7. The van der Waals surface area contributed by atoms with Crippen LogP contribution in [-0.2, 0) is 10.4 Å². The molecule has 0 aliphatic heterocycles. The van der Waals surface area contributed by atoms with Gasteiger partial charge in [0.2, 0.25) is 0 Å². The summed E-state index contributed by atoms with van der Waals surface area (Å²) in [5.41, 5.74) is 0. The molecule has 6 heteroatoms. The zero-order chi connectivity index (χ0) is 17.4. The Bertz CT molecular complexity index is 292. The third-order valence-corrected chi connectivity index (χ3v) is 3.90. The molecule has 0 bridgehead atoms. The maximum absolute atomic E-state index is 8.90. The Morgan fingerprint density at radius 2 is 1.09 bits per heavy atom. The van der Waals surface area contributed by atoms with Gasteiger partial charge in [0.15, 0.2) is 0 Å². The van der Waals surface area contributed by atoms with E-state index in [9.17, 15) is 0 Å². The van der Waals surface area contributed by atoms with Crippen molar-refractivity contribution in [3.63, 3.8) is 0 Å². The van der Waals surface area contributed by atoms with E-state index in [0.29, 0.717) is 12.5 Å². The first-order valence-electron chi connectivity index (χ1n) is 8.51. The molecule has 136 valence electrons. The van der Waals surface area contributed by atoms with Crippen molar-refractivity contribution >= 4 is 10.4 Å².